The lowest BCUT2D eigenvalue weighted by Crippen LogP contribution is -2.29. The molecule has 1 atom stereocenters. The molecular formula is C20H20FIN4O4. The molecule has 1 aliphatic rings. The Bertz CT molecular complexity index is 1050. The summed E-state index contributed by atoms with van der Waals surface area (Å²) in [7, 11) is 0. The maximum atomic E-state index is 14.5. The third kappa shape index (κ3) is 4.99. The zero-order valence-corrected chi connectivity index (χ0v) is 18.0. The van der Waals surface area contributed by atoms with Crippen LogP contribution in [-0.2, 0) is 11.4 Å². The average Bonchev–Trinajstić information content (AvgIpc) is 3.04. The molecule has 10 heteroatoms. The summed E-state index contributed by atoms with van der Waals surface area (Å²) in [6.07, 6.45) is 6.92. The van der Waals surface area contributed by atoms with Crippen LogP contribution in [0.25, 0.3) is 10.9 Å². The molecule has 0 saturated carbocycles. The summed E-state index contributed by atoms with van der Waals surface area (Å²) in [6, 6.07) is 1.08. The molecule has 4 N–H and O–H groups in total. The smallest absolute Gasteiger partial charge is 0.293 e. The van der Waals surface area contributed by atoms with E-state index in [1.807, 2.05) is 6.08 Å². The van der Waals surface area contributed by atoms with Gasteiger partial charge in [-0.3, -0.25) is 14.6 Å². The first-order chi connectivity index (χ1) is 14.6. The lowest BCUT2D eigenvalue weighted by Gasteiger charge is -2.20. The zero-order chi connectivity index (χ0) is 21.5. The van der Waals surface area contributed by atoms with E-state index >= 15 is 0 Å². The van der Waals surface area contributed by atoms with Crippen molar-refractivity contribution in [2.45, 2.75) is 19.0 Å². The molecule has 1 amide bonds. The molecule has 0 spiro atoms. The number of aliphatic hydroxyl groups excluding tert-OH is 2. The van der Waals surface area contributed by atoms with Gasteiger partial charge in [-0.25, -0.2) is 9.87 Å². The second kappa shape index (κ2) is 10.5. The van der Waals surface area contributed by atoms with Crippen LogP contribution in [0.15, 0.2) is 40.0 Å². The molecule has 0 aliphatic heterocycles. The van der Waals surface area contributed by atoms with Crippen molar-refractivity contribution >= 4 is 45.1 Å². The highest BCUT2D eigenvalue weighted by atomic mass is 127. The van der Waals surface area contributed by atoms with Crippen LogP contribution >= 0.6 is 22.6 Å². The number of amides is 1. The molecule has 0 fully saturated rings. The van der Waals surface area contributed by atoms with E-state index in [4.69, 9.17) is 15.1 Å². The molecule has 0 saturated heterocycles. The Labute approximate surface area is 185 Å². The van der Waals surface area contributed by atoms with Crippen molar-refractivity contribution < 1.29 is 24.2 Å². The highest BCUT2D eigenvalue weighted by Crippen LogP contribution is 2.34. The van der Waals surface area contributed by atoms with Crippen LogP contribution in [0.1, 0.15) is 16.9 Å². The fourth-order valence-corrected chi connectivity index (χ4v) is 3.63. The normalized spacial score (nSPS) is 15.8. The van der Waals surface area contributed by atoms with Gasteiger partial charge in [-0.1, -0.05) is 17.9 Å². The van der Waals surface area contributed by atoms with E-state index in [9.17, 15) is 9.18 Å². The summed E-state index contributed by atoms with van der Waals surface area (Å²) in [5, 5.41) is 21.6. The fourth-order valence-electron chi connectivity index (χ4n) is 3.08. The summed E-state index contributed by atoms with van der Waals surface area (Å²) in [5.41, 5.74) is 3.53. The Hall–Kier alpha value is -2.46. The van der Waals surface area contributed by atoms with Crippen molar-refractivity contribution in [2.75, 3.05) is 25.1 Å². The van der Waals surface area contributed by atoms with Crippen molar-refractivity contribution in [2.24, 2.45) is 0 Å². The number of pyridine rings is 1. The number of allylic oxidation sites excluding steroid dienone is 2. The van der Waals surface area contributed by atoms with Crippen LogP contribution < -0.4 is 10.8 Å². The Morgan fingerprint density at radius 1 is 1.43 bits per heavy atom. The largest absolute Gasteiger partial charge is 0.394 e. The van der Waals surface area contributed by atoms with Crippen LogP contribution in [0.5, 0.6) is 0 Å². The number of nitrogens with one attached hydrogen (secondary N) is 2. The number of hydroxylamine groups is 1. The minimum Gasteiger partial charge on any atom is -0.394 e. The summed E-state index contributed by atoms with van der Waals surface area (Å²) >= 11 is 2.05. The van der Waals surface area contributed by atoms with E-state index < -0.39 is 11.9 Å². The standard InChI is InChI=1S/C20H20FIN4O4/c21-15-11-13(22)3-4-16(15)24-18-14-12-23-6-5-17(14)26(7-1-2-8-27)19(18)20(29)25-30-10-9-28/h3,5-6,11-12,16,24,27-28H,4,7-10H2,(H,25,29). The number of fused-ring (bicyclic) bond motifs is 1. The van der Waals surface area contributed by atoms with Crippen molar-refractivity contribution in [3.63, 3.8) is 0 Å². The third-order valence-electron chi connectivity index (χ3n) is 4.36. The fraction of sp³-hybridized carbons (Fsp3) is 0.300. The van der Waals surface area contributed by atoms with Crippen LogP contribution in [0.3, 0.4) is 0 Å². The van der Waals surface area contributed by atoms with Gasteiger partial charge in [0.2, 0.25) is 0 Å². The van der Waals surface area contributed by atoms with Crippen LogP contribution in [-0.4, -0.2) is 51.5 Å². The highest BCUT2D eigenvalue weighted by molar-refractivity contribution is 14.1. The number of carbonyl (C=O) groups is 1. The second-order valence-corrected chi connectivity index (χ2v) is 7.51. The summed E-state index contributed by atoms with van der Waals surface area (Å²) in [5.74, 6) is 4.43. The van der Waals surface area contributed by atoms with Gasteiger partial charge >= 0.3 is 0 Å². The Kier molecular flexibility index (Phi) is 7.81. The SMILES string of the molecule is O=C(NOCCO)c1c(NC2CC=C(I)C=C2F)c2cnccc2n1CC#CCO. The maximum absolute atomic E-state index is 14.5. The van der Waals surface area contributed by atoms with Gasteiger partial charge in [-0.15, -0.1) is 0 Å². The first-order valence-electron chi connectivity index (χ1n) is 9.11. The van der Waals surface area contributed by atoms with Crippen LogP contribution in [0.2, 0.25) is 0 Å². The number of carbonyl (C=O) groups excluding carboxylic acids is 1. The quantitative estimate of drug-likeness (QED) is 0.191. The molecule has 2 heterocycles. The Morgan fingerprint density at radius 3 is 3.00 bits per heavy atom. The van der Waals surface area contributed by atoms with Gasteiger partial charge in [0.05, 0.1) is 37.0 Å². The molecule has 2 aromatic heterocycles. The minimum atomic E-state index is -0.642. The molecule has 158 valence electrons. The van der Waals surface area contributed by atoms with Gasteiger partial charge in [-0.05, 0) is 41.2 Å². The molecule has 3 rings (SSSR count). The summed E-state index contributed by atoms with van der Waals surface area (Å²) in [4.78, 5) is 22.0. The number of hydrogen-bond donors (Lipinski definition) is 4. The molecule has 0 radical (unpaired) electrons. The first kappa shape index (κ1) is 22.2. The lowest BCUT2D eigenvalue weighted by molar-refractivity contribution is 0.0163. The van der Waals surface area contributed by atoms with Crippen LogP contribution in [0.4, 0.5) is 10.1 Å². The van der Waals surface area contributed by atoms with Gasteiger partial charge in [0, 0.05) is 21.4 Å². The molecule has 2 aromatic rings. The summed E-state index contributed by atoms with van der Waals surface area (Å²) in [6.45, 7) is -0.532. The van der Waals surface area contributed by atoms with Crippen molar-refractivity contribution in [3.8, 4) is 11.8 Å². The highest BCUT2D eigenvalue weighted by Gasteiger charge is 2.27. The van der Waals surface area contributed by atoms with E-state index in [2.05, 4.69) is 50.2 Å². The van der Waals surface area contributed by atoms with E-state index in [0.29, 0.717) is 23.0 Å². The van der Waals surface area contributed by atoms with E-state index in [1.165, 1.54) is 6.08 Å². The average molecular weight is 526 g/mol. The zero-order valence-electron chi connectivity index (χ0n) is 15.9. The number of halogens is 2. The molecule has 0 bridgehead atoms. The maximum Gasteiger partial charge on any atom is 0.293 e. The van der Waals surface area contributed by atoms with E-state index in [1.54, 1.807) is 23.0 Å². The molecule has 1 unspecified atom stereocenters. The minimum absolute atomic E-state index is 0.0795. The molecule has 1 aliphatic carbocycles. The van der Waals surface area contributed by atoms with Gasteiger partial charge in [0.15, 0.2) is 0 Å². The number of aromatic nitrogens is 2. The molecular weight excluding hydrogens is 506 g/mol. The molecule has 0 aromatic carbocycles. The van der Waals surface area contributed by atoms with Gasteiger partial charge in [0.1, 0.15) is 18.1 Å². The molecule has 30 heavy (non-hydrogen) atoms. The van der Waals surface area contributed by atoms with Crippen molar-refractivity contribution in [3.05, 3.63) is 45.7 Å². The van der Waals surface area contributed by atoms with Gasteiger partial charge in [0.25, 0.3) is 5.91 Å². The first-order valence-corrected chi connectivity index (χ1v) is 10.2. The number of nitrogens with zero attached hydrogens (tertiary/aromatic N) is 2. The van der Waals surface area contributed by atoms with E-state index in [0.717, 1.165) is 3.58 Å². The number of anilines is 1. The third-order valence-corrected chi connectivity index (χ3v) is 5.11. The second-order valence-electron chi connectivity index (χ2n) is 6.27. The predicted octanol–water partition coefficient (Wildman–Crippen LogP) is 2.04. The topological polar surface area (TPSA) is 109 Å². The Morgan fingerprint density at radius 2 is 2.27 bits per heavy atom. The monoisotopic (exact) mass is 526 g/mol. The Balaban J connectivity index is 2.07. The number of aliphatic hydroxyl groups is 2. The number of rotatable bonds is 7. The van der Waals surface area contributed by atoms with Crippen LogP contribution in [0, 0.1) is 11.8 Å². The van der Waals surface area contributed by atoms with Crippen molar-refractivity contribution in [1.82, 2.24) is 15.0 Å². The predicted molar refractivity (Wildman–Crippen MR) is 118 cm³/mol. The van der Waals surface area contributed by atoms with Gasteiger partial charge in [-0.2, -0.15) is 0 Å². The van der Waals surface area contributed by atoms with Gasteiger partial charge < -0.3 is 20.1 Å². The molecule has 8 nitrogen and oxygen atoms in total. The lowest BCUT2D eigenvalue weighted by atomic mass is 10.1. The van der Waals surface area contributed by atoms with E-state index in [-0.39, 0.29) is 37.9 Å². The summed E-state index contributed by atoms with van der Waals surface area (Å²) < 4.78 is 17.0. The van der Waals surface area contributed by atoms with Crippen molar-refractivity contribution in [1.29, 1.82) is 0 Å². The number of hydrogen-bond acceptors (Lipinski definition) is 6.